The third-order valence-electron chi connectivity index (χ3n) is 3.94. The molecule has 0 aliphatic carbocycles. The highest BCUT2D eigenvalue weighted by Crippen LogP contribution is 2.31. The molecule has 2 amide bonds. The summed E-state index contributed by atoms with van der Waals surface area (Å²) in [6.07, 6.45) is 0. The first-order valence-corrected chi connectivity index (χ1v) is 8.52. The molecule has 3 heterocycles. The summed E-state index contributed by atoms with van der Waals surface area (Å²) >= 11 is 1.60. The van der Waals surface area contributed by atoms with E-state index in [4.69, 9.17) is 9.15 Å². The molecule has 0 unspecified atom stereocenters. The van der Waals surface area contributed by atoms with E-state index in [-0.39, 0.29) is 12.1 Å². The zero-order chi connectivity index (χ0) is 16.5. The summed E-state index contributed by atoms with van der Waals surface area (Å²) in [4.78, 5) is 14.5. The number of ether oxygens (including phenoxy) is 1. The summed E-state index contributed by atoms with van der Waals surface area (Å²) < 4.78 is 12.1. The Labute approximate surface area is 142 Å². The third-order valence-corrected chi connectivity index (χ3v) is 4.90. The van der Waals surface area contributed by atoms with Crippen molar-refractivity contribution in [1.82, 2.24) is 15.1 Å². The predicted octanol–water partition coefficient (Wildman–Crippen LogP) is 3.20. The number of amides is 2. The van der Waals surface area contributed by atoms with Crippen LogP contribution in [-0.4, -0.2) is 40.9 Å². The van der Waals surface area contributed by atoms with Gasteiger partial charge in [-0.2, -0.15) is 0 Å². The lowest BCUT2D eigenvalue weighted by Gasteiger charge is -2.33. The first-order chi connectivity index (χ1) is 11.7. The number of benzene rings is 1. The number of rotatable bonds is 2. The van der Waals surface area contributed by atoms with Crippen LogP contribution in [0.2, 0.25) is 0 Å². The Hall–Kier alpha value is -2.45. The zero-order valence-corrected chi connectivity index (χ0v) is 13.9. The number of fused-ring (bicyclic) bond motifs is 1. The van der Waals surface area contributed by atoms with E-state index in [9.17, 15) is 4.79 Å². The van der Waals surface area contributed by atoms with Gasteiger partial charge in [0, 0.05) is 28.9 Å². The van der Waals surface area contributed by atoms with Gasteiger partial charge in [-0.05, 0) is 6.07 Å². The van der Waals surface area contributed by atoms with Gasteiger partial charge in [0.25, 0.3) is 0 Å². The number of nitrogens with zero attached hydrogens (tertiary/aromatic N) is 3. The second-order valence-corrected chi connectivity index (χ2v) is 6.43. The Bertz CT molecular complexity index is 875. The summed E-state index contributed by atoms with van der Waals surface area (Å²) in [5.74, 6) is 0.872. The molecule has 1 atom stereocenters. The van der Waals surface area contributed by atoms with Crippen molar-refractivity contribution < 1.29 is 13.9 Å². The van der Waals surface area contributed by atoms with Gasteiger partial charge in [0.15, 0.2) is 0 Å². The molecule has 0 radical (unpaired) electrons. The van der Waals surface area contributed by atoms with Gasteiger partial charge in [-0.15, -0.1) is 21.5 Å². The minimum Gasteiger partial charge on any atom is -0.423 e. The van der Waals surface area contributed by atoms with Crippen molar-refractivity contribution in [2.24, 2.45) is 0 Å². The Balaban J connectivity index is 1.57. The summed E-state index contributed by atoms with van der Waals surface area (Å²) in [7, 11) is 0. The van der Waals surface area contributed by atoms with Gasteiger partial charge in [0.1, 0.15) is 6.04 Å². The van der Waals surface area contributed by atoms with Gasteiger partial charge in [0.05, 0.1) is 18.9 Å². The van der Waals surface area contributed by atoms with E-state index >= 15 is 0 Å². The van der Waals surface area contributed by atoms with Crippen LogP contribution < -0.4 is 5.32 Å². The first kappa shape index (κ1) is 15.1. The van der Waals surface area contributed by atoms with Crippen LogP contribution in [0.1, 0.15) is 17.8 Å². The van der Waals surface area contributed by atoms with Crippen LogP contribution in [0.4, 0.5) is 10.5 Å². The molecule has 124 valence electrons. The van der Waals surface area contributed by atoms with E-state index in [1.807, 2.05) is 29.6 Å². The molecule has 0 spiro atoms. The number of carbonyl (C=O) groups excluding carboxylic acids is 1. The predicted molar refractivity (Wildman–Crippen MR) is 90.1 cm³/mol. The van der Waals surface area contributed by atoms with Crippen molar-refractivity contribution in [2.45, 2.75) is 13.0 Å². The lowest BCUT2D eigenvalue weighted by molar-refractivity contribution is 0.00512. The number of aryl methyl sites for hydroxylation is 1. The molecule has 1 N–H and O–H groups in total. The third kappa shape index (κ3) is 2.74. The average Bonchev–Trinajstić information content (AvgIpc) is 3.22. The number of hydrogen-bond acceptors (Lipinski definition) is 6. The van der Waals surface area contributed by atoms with E-state index < -0.39 is 0 Å². The molecule has 24 heavy (non-hydrogen) atoms. The van der Waals surface area contributed by atoms with Gasteiger partial charge in [-0.25, -0.2) is 4.79 Å². The fourth-order valence-electron chi connectivity index (χ4n) is 2.76. The Morgan fingerprint density at radius 2 is 2.25 bits per heavy atom. The number of morpholine rings is 1. The van der Waals surface area contributed by atoms with Gasteiger partial charge < -0.3 is 19.4 Å². The zero-order valence-electron chi connectivity index (χ0n) is 13.1. The minimum atomic E-state index is -0.371. The molecule has 3 aromatic rings. The van der Waals surface area contributed by atoms with Crippen molar-refractivity contribution in [1.29, 1.82) is 0 Å². The molecule has 1 aliphatic heterocycles. The van der Waals surface area contributed by atoms with Crippen LogP contribution >= 0.6 is 11.3 Å². The van der Waals surface area contributed by atoms with E-state index in [0.717, 1.165) is 15.8 Å². The molecule has 8 heteroatoms. The molecular formula is C16H16N4O3S. The number of urea groups is 1. The molecule has 1 aliphatic rings. The van der Waals surface area contributed by atoms with Crippen LogP contribution in [0.15, 0.2) is 34.1 Å². The van der Waals surface area contributed by atoms with E-state index in [1.165, 1.54) is 0 Å². The number of thiophene rings is 1. The summed E-state index contributed by atoms with van der Waals surface area (Å²) in [5, 5.41) is 13.9. The molecule has 7 nitrogen and oxygen atoms in total. The lowest BCUT2D eigenvalue weighted by atomic mass is 10.2. The molecule has 2 aromatic heterocycles. The Morgan fingerprint density at radius 3 is 3.08 bits per heavy atom. The van der Waals surface area contributed by atoms with Crippen LogP contribution in [-0.2, 0) is 4.74 Å². The van der Waals surface area contributed by atoms with Crippen LogP contribution in [0.5, 0.6) is 0 Å². The molecule has 1 aromatic carbocycles. The standard InChI is InChI=1S/C16H16N4O3S/c1-10-18-19-15(23-10)13-8-22-7-6-20(13)16(21)17-12-9-24-14-5-3-2-4-11(12)14/h2-5,9,13H,6-8H2,1H3,(H,17,21)/t13-/m1/s1. The van der Waals surface area contributed by atoms with E-state index in [2.05, 4.69) is 15.5 Å². The van der Waals surface area contributed by atoms with Crippen molar-refractivity contribution in [2.75, 3.05) is 25.1 Å². The van der Waals surface area contributed by atoms with Crippen molar-refractivity contribution in [3.8, 4) is 0 Å². The normalized spacial score (nSPS) is 18.0. The van der Waals surface area contributed by atoms with Crippen molar-refractivity contribution in [3.05, 3.63) is 41.4 Å². The first-order valence-electron chi connectivity index (χ1n) is 7.64. The summed E-state index contributed by atoms with van der Waals surface area (Å²) in [6, 6.07) is 7.42. The van der Waals surface area contributed by atoms with Crippen LogP contribution in [0.25, 0.3) is 10.1 Å². The lowest BCUT2D eigenvalue weighted by Crippen LogP contribution is -2.45. The van der Waals surface area contributed by atoms with Gasteiger partial charge in [-0.3, -0.25) is 0 Å². The van der Waals surface area contributed by atoms with E-state index in [1.54, 1.807) is 23.2 Å². The highest BCUT2D eigenvalue weighted by atomic mass is 32.1. The number of carbonyl (C=O) groups is 1. The largest absolute Gasteiger partial charge is 0.423 e. The second-order valence-electron chi connectivity index (χ2n) is 5.52. The van der Waals surface area contributed by atoms with Crippen LogP contribution in [0.3, 0.4) is 0 Å². The molecule has 1 fully saturated rings. The van der Waals surface area contributed by atoms with E-state index in [0.29, 0.717) is 31.5 Å². The summed E-state index contributed by atoms with van der Waals surface area (Å²) in [6.45, 7) is 3.03. The molecular weight excluding hydrogens is 328 g/mol. The maximum Gasteiger partial charge on any atom is 0.322 e. The Morgan fingerprint density at radius 1 is 1.38 bits per heavy atom. The topological polar surface area (TPSA) is 80.5 Å². The molecule has 4 rings (SSSR count). The maximum absolute atomic E-state index is 12.8. The SMILES string of the molecule is Cc1nnc([C@H]2COCCN2C(=O)Nc2csc3ccccc23)o1. The minimum absolute atomic E-state index is 0.192. The number of hydrogen-bond donors (Lipinski definition) is 1. The smallest absolute Gasteiger partial charge is 0.322 e. The van der Waals surface area contributed by atoms with Gasteiger partial charge in [-0.1, -0.05) is 18.2 Å². The molecule has 1 saturated heterocycles. The number of nitrogens with one attached hydrogen (secondary N) is 1. The quantitative estimate of drug-likeness (QED) is 0.772. The van der Waals surface area contributed by atoms with Crippen molar-refractivity contribution >= 4 is 33.1 Å². The van der Waals surface area contributed by atoms with Crippen molar-refractivity contribution in [3.63, 3.8) is 0 Å². The van der Waals surface area contributed by atoms with Crippen LogP contribution in [0, 0.1) is 6.92 Å². The average molecular weight is 344 g/mol. The Kier molecular flexibility index (Phi) is 3.91. The van der Waals surface area contributed by atoms with Gasteiger partial charge in [0.2, 0.25) is 11.8 Å². The van der Waals surface area contributed by atoms with Gasteiger partial charge >= 0.3 is 6.03 Å². The number of anilines is 1. The molecule has 0 bridgehead atoms. The fourth-order valence-corrected chi connectivity index (χ4v) is 3.65. The second kappa shape index (κ2) is 6.21. The number of aromatic nitrogens is 2. The fraction of sp³-hybridized carbons (Fsp3) is 0.312. The highest BCUT2D eigenvalue weighted by molar-refractivity contribution is 7.17. The maximum atomic E-state index is 12.8. The highest BCUT2D eigenvalue weighted by Gasteiger charge is 2.32. The molecule has 0 saturated carbocycles. The monoisotopic (exact) mass is 344 g/mol. The summed E-state index contributed by atoms with van der Waals surface area (Å²) in [5.41, 5.74) is 0.813.